The number of rotatable bonds is 6. The van der Waals surface area contributed by atoms with E-state index in [-0.39, 0.29) is 5.91 Å². The van der Waals surface area contributed by atoms with Crippen LogP contribution in [0.3, 0.4) is 0 Å². The maximum Gasteiger partial charge on any atom is 0.255 e. The lowest BCUT2D eigenvalue weighted by Crippen LogP contribution is -2.24. The summed E-state index contributed by atoms with van der Waals surface area (Å²) < 4.78 is 7.22. The Balaban J connectivity index is 1.75. The predicted octanol–water partition coefficient (Wildman–Crippen LogP) is 4.14. The van der Waals surface area contributed by atoms with Crippen molar-refractivity contribution in [3.8, 4) is 5.75 Å². The van der Waals surface area contributed by atoms with Gasteiger partial charge in [0.1, 0.15) is 5.75 Å². The Morgan fingerprint density at radius 1 is 1.19 bits per heavy atom. The van der Waals surface area contributed by atoms with E-state index in [0.29, 0.717) is 29.4 Å². The standard InChI is InChI=1S/C21H22ClN3O2/c1-14-19(15(2)25(24-14)13-16-7-5-4-6-8-16)12-23-21(26)18-11-17(22)9-10-20(18)27-3/h4-11H,12-13H2,1-3H3,(H,23,26). The number of ether oxygens (including phenoxy) is 1. The van der Waals surface area contributed by atoms with Gasteiger partial charge in [-0.2, -0.15) is 5.10 Å². The van der Waals surface area contributed by atoms with E-state index in [0.717, 1.165) is 17.0 Å². The molecule has 0 bridgehead atoms. The minimum atomic E-state index is -0.232. The van der Waals surface area contributed by atoms with Crippen LogP contribution in [-0.2, 0) is 13.1 Å². The number of methoxy groups -OCH3 is 1. The maximum atomic E-state index is 12.6. The van der Waals surface area contributed by atoms with Crippen molar-refractivity contribution in [2.24, 2.45) is 0 Å². The van der Waals surface area contributed by atoms with Gasteiger partial charge in [-0.05, 0) is 37.6 Å². The summed E-state index contributed by atoms with van der Waals surface area (Å²) >= 11 is 6.02. The van der Waals surface area contributed by atoms with Crippen LogP contribution in [-0.4, -0.2) is 22.8 Å². The zero-order valence-corrected chi connectivity index (χ0v) is 16.4. The molecule has 0 atom stereocenters. The molecule has 6 heteroatoms. The van der Waals surface area contributed by atoms with Gasteiger partial charge in [0.25, 0.3) is 5.91 Å². The van der Waals surface area contributed by atoms with Crippen LogP contribution in [0, 0.1) is 13.8 Å². The average Bonchev–Trinajstić information content (AvgIpc) is 2.93. The van der Waals surface area contributed by atoms with E-state index in [9.17, 15) is 4.79 Å². The molecule has 27 heavy (non-hydrogen) atoms. The number of nitrogens with zero attached hydrogens (tertiary/aromatic N) is 2. The Morgan fingerprint density at radius 2 is 1.93 bits per heavy atom. The topological polar surface area (TPSA) is 56.1 Å². The van der Waals surface area contributed by atoms with Crippen LogP contribution in [0.15, 0.2) is 48.5 Å². The van der Waals surface area contributed by atoms with Gasteiger partial charge < -0.3 is 10.1 Å². The van der Waals surface area contributed by atoms with Gasteiger partial charge in [-0.25, -0.2) is 0 Å². The molecule has 1 heterocycles. The van der Waals surface area contributed by atoms with Gasteiger partial charge in [0.05, 0.1) is 24.9 Å². The summed E-state index contributed by atoms with van der Waals surface area (Å²) in [5.74, 6) is 0.258. The van der Waals surface area contributed by atoms with Gasteiger partial charge in [0, 0.05) is 22.8 Å². The summed E-state index contributed by atoms with van der Waals surface area (Å²) in [6.07, 6.45) is 0. The Morgan fingerprint density at radius 3 is 2.63 bits per heavy atom. The molecule has 140 valence electrons. The third kappa shape index (κ3) is 4.31. The molecule has 3 rings (SSSR count). The highest BCUT2D eigenvalue weighted by Crippen LogP contribution is 2.23. The van der Waals surface area contributed by atoms with E-state index >= 15 is 0 Å². The van der Waals surface area contributed by atoms with E-state index in [4.69, 9.17) is 16.3 Å². The molecule has 0 saturated heterocycles. The lowest BCUT2D eigenvalue weighted by molar-refractivity contribution is 0.0948. The summed E-state index contributed by atoms with van der Waals surface area (Å²) in [7, 11) is 1.53. The zero-order valence-electron chi connectivity index (χ0n) is 15.6. The Kier molecular flexibility index (Phi) is 5.81. The monoisotopic (exact) mass is 383 g/mol. The second kappa shape index (κ2) is 8.27. The maximum absolute atomic E-state index is 12.6. The molecule has 0 aliphatic carbocycles. The molecule has 0 radical (unpaired) electrons. The molecule has 5 nitrogen and oxygen atoms in total. The van der Waals surface area contributed by atoms with Crippen molar-refractivity contribution in [2.45, 2.75) is 26.9 Å². The highest BCUT2D eigenvalue weighted by Gasteiger charge is 2.16. The lowest BCUT2D eigenvalue weighted by Gasteiger charge is -2.10. The third-order valence-corrected chi connectivity index (χ3v) is 4.77. The minimum absolute atomic E-state index is 0.232. The van der Waals surface area contributed by atoms with Crippen LogP contribution < -0.4 is 10.1 Å². The minimum Gasteiger partial charge on any atom is -0.496 e. The van der Waals surface area contributed by atoms with Crippen molar-refractivity contribution in [1.29, 1.82) is 0 Å². The highest BCUT2D eigenvalue weighted by atomic mass is 35.5. The quantitative estimate of drug-likeness (QED) is 0.696. The van der Waals surface area contributed by atoms with E-state index < -0.39 is 0 Å². The van der Waals surface area contributed by atoms with Crippen molar-refractivity contribution in [3.63, 3.8) is 0 Å². The number of aryl methyl sites for hydroxylation is 1. The second-order valence-electron chi connectivity index (χ2n) is 6.32. The number of hydrogen-bond donors (Lipinski definition) is 1. The molecule has 0 aliphatic rings. The van der Waals surface area contributed by atoms with E-state index in [1.54, 1.807) is 18.2 Å². The number of aromatic nitrogens is 2. The Labute approximate surface area is 163 Å². The number of amides is 1. The summed E-state index contributed by atoms with van der Waals surface area (Å²) in [5, 5.41) is 8.06. The van der Waals surface area contributed by atoms with Crippen molar-refractivity contribution >= 4 is 17.5 Å². The van der Waals surface area contributed by atoms with Gasteiger partial charge in [0.2, 0.25) is 0 Å². The van der Waals surface area contributed by atoms with E-state index in [1.807, 2.05) is 36.7 Å². The first-order valence-electron chi connectivity index (χ1n) is 8.68. The van der Waals surface area contributed by atoms with Crippen LogP contribution in [0.2, 0.25) is 5.02 Å². The SMILES string of the molecule is COc1ccc(Cl)cc1C(=O)NCc1c(C)nn(Cc2ccccc2)c1C. The van der Waals surface area contributed by atoms with Crippen LogP contribution in [0.25, 0.3) is 0 Å². The number of hydrogen-bond acceptors (Lipinski definition) is 3. The Bertz CT molecular complexity index is 952. The van der Waals surface area contributed by atoms with Crippen LogP contribution >= 0.6 is 11.6 Å². The fraction of sp³-hybridized carbons (Fsp3) is 0.238. The molecule has 1 amide bonds. The largest absolute Gasteiger partial charge is 0.496 e. The molecule has 0 fully saturated rings. The number of halogens is 1. The van der Waals surface area contributed by atoms with E-state index in [2.05, 4.69) is 22.5 Å². The highest BCUT2D eigenvalue weighted by molar-refractivity contribution is 6.31. The smallest absolute Gasteiger partial charge is 0.255 e. The van der Waals surface area contributed by atoms with Crippen LogP contribution in [0.4, 0.5) is 0 Å². The molecule has 0 aliphatic heterocycles. The lowest BCUT2D eigenvalue weighted by atomic mass is 10.1. The molecule has 1 N–H and O–H groups in total. The summed E-state index contributed by atoms with van der Waals surface area (Å²) in [6.45, 7) is 5.06. The molecule has 2 aromatic carbocycles. The van der Waals surface area contributed by atoms with Crippen LogP contribution in [0.5, 0.6) is 5.75 Å². The van der Waals surface area contributed by atoms with Crippen LogP contribution in [0.1, 0.15) is 32.9 Å². The zero-order chi connectivity index (χ0) is 19.4. The van der Waals surface area contributed by atoms with Gasteiger partial charge >= 0.3 is 0 Å². The Hall–Kier alpha value is -2.79. The van der Waals surface area contributed by atoms with Crippen molar-refractivity contribution in [3.05, 3.63) is 81.6 Å². The van der Waals surface area contributed by atoms with Crippen molar-refractivity contribution in [1.82, 2.24) is 15.1 Å². The summed E-state index contributed by atoms with van der Waals surface area (Å²) in [5.41, 5.74) is 4.55. The fourth-order valence-electron chi connectivity index (χ4n) is 3.02. The third-order valence-electron chi connectivity index (χ3n) is 4.54. The first kappa shape index (κ1) is 19.0. The molecular formula is C21H22ClN3O2. The van der Waals surface area contributed by atoms with Gasteiger partial charge in [0.15, 0.2) is 0 Å². The second-order valence-corrected chi connectivity index (χ2v) is 6.76. The summed E-state index contributed by atoms with van der Waals surface area (Å²) in [4.78, 5) is 12.6. The average molecular weight is 384 g/mol. The number of nitrogens with one attached hydrogen (secondary N) is 1. The number of benzene rings is 2. The molecule has 0 unspecified atom stereocenters. The molecular weight excluding hydrogens is 362 g/mol. The van der Waals surface area contributed by atoms with Gasteiger partial charge in [-0.15, -0.1) is 0 Å². The normalized spacial score (nSPS) is 10.7. The van der Waals surface area contributed by atoms with Gasteiger partial charge in [-0.1, -0.05) is 41.9 Å². The first-order chi connectivity index (χ1) is 13.0. The number of carbonyl (C=O) groups excluding carboxylic acids is 1. The van der Waals surface area contributed by atoms with Gasteiger partial charge in [-0.3, -0.25) is 9.48 Å². The molecule has 0 spiro atoms. The molecule has 3 aromatic rings. The molecule has 1 aromatic heterocycles. The molecule has 0 saturated carbocycles. The first-order valence-corrected chi connectivity index (χ1v) is 9.06. The van der Waals surface area contributed by atoms with Crippen molar-refractivity contribution in [2.75, 3.05) is 7.11 Å². The summed E-state index contributed by atoms with van der Waals surface area (Å²) in [6, 6.07) is 15.2. The number of carbonyl (C=O) groups is 1. The predicted molar refractivity (Wildman–Crippen MR) is 106 cm³/mol. The van der Waals surface area contributed by atoms with Crippen molar-refractivity contribution < 1.29 is 9.53 Å². The van der Waals surface area contributed by atoms with E-state index in [1.165, 1.54) is 12.7 Å². The fourth-order valence-corrected chi connectivity index (χ4v) is 3.19.